The first kappa shape index (κ1) is 28.4. The lowest BCUT2D eigenvalue weighted by Gasteiger charge is -2.42. The summed E-state index contributed by atoms with van der Waals surface area (Å²) in [6.07, 6.45) is -5.36. The van der Waals surface area contributed by atoms with Crippen LogP contribution in [0, 0.1) is 0 Å². The first-order valence-electron chi connectivity index (χ1n) is 10.7. The number of sulfonamides is 1. The molecule has 3 rings (SSSR count). The number of hydrogen-bond acceptors (Lipinski definition) is 7. The summed E-state index contributed by atoms with van der Waals surface area (Å²) < 4.78 is 73.6. The summed E-state index contributed by atoms with van der Waals surface area (Å²) in [5, 5.41) is 9.15. The maximum absolute atomic E-state index is 13.4. The van der Waals surface area contributed by atoms with Crippen molar-refractivity contribution in [2.75, 3.05) is 50.9 Å². The Morgan fingerprint density at radius 3 is 2.41 bits per heavy atom. The Kier molecular flexibility index (Phi) is 9.83. The summed E-state index contributed by atoms with van der Waals surface area (Å²) in [6.45, 7) is 1.12. The van der Waals surface area contributed by atoms with Gasteiger partial charge in [-0.2, -0.15) is 17.5 Å². The second-order valence-electron chi connectivity index (χ2n) is 8.00. The van der Waals surface area contributed by atoms with Crippen molar-refractivity contribution in [3.8, 4) is 5.75 Å². The number of benzene rings is 1. The molecule has 0 atom stereocenters. The molecule has 0 spiro atoms. The standard InChI is InChI=1S/C20H28F3N3O6S.ClH/c21-20(22,23)5-2-12-32-17-4-1-3-16(15-17)25-8-10-26(11-9-25)33(29,30)19(18(27)24-28)6-13-31-14-7-19;/h1,3-4,15,28H,2,5-14H2,(H,24,27);1H. The highest BCUT2D eigenvalue weighted by Gasteiger charge is 2.54. The fourth-order valence-electron chi connectivity index (χ4n) is 4.07. The molecule has 0 aromatic heterocycles. The predicted octanol–water partition coefficient (Wildman–Crippen LogP) is 2.34. The van der Waals surface area contributed by atoms with Crippen LogP contribution in [0.4, 0.5) is 18.9 Å². The van der Waals surface area contributed by atoms with Crippen LogP contribution >= 0.6 is 12.4 Å². The fraction of sp³-hybridized carbons (Fsp3) is 0.650. The van der Waals surface area contributed by atoms with Crippen LogP contribution < -0.4 is 15.1 Å². The van der Waals surface area contributed by atoms with Crippen LogP contribution in [0.3, 0.4) is 0 Å². The van der Waals surface area contributed by atoms with Gasteiger partial charge in [-0.25, -0.2) is 13.9 Å². The predicted molar refractivity (Wildman–Crippen MR) is 120 cm³/mol. The molecule has 2 aliphatic rings. The molecule has 0 saturated carbocycles. The second kappa shape index (κ2) is 11.8. The number of nitrogens with one attached hydrogen (secondary N) is 1. The second-order valence-corrected chi connectivity index (χ2v) is 10.3. The van der Waals surface area contributed by atoms with Crippen molar-refractivity contribution >= 4 is 34.0 Å². The van der Waals surface area contributed by atoms with Crippen LogP contribution in [0.15, 0.2) is 24.3 Å². The molecule has 0 unspecified atom stereocenters. The Morgan fingerprint density at radius 2 is 1.82 bits per heavy atom. The van der Waals surface area contributed by atoms with E-state index in [1.807, 2.05) is 11.0 Å². The third kappa shape index (κ3) is 6.45. The van der Waals surface area contributed by atoms with E-state index in [1.165, 1.54) is 9.79 Å². The molecule has 0 aliphatic carbocycles. The molecule has 9 nitrogen and oxygen atoms in total. The molecule has 1 amide bonds. The van der Waals surface area contributed by atoms with Gasteiger partial charge in [0, 0.05) is 70.4 Å². The highest BCUT2D eigenvalue weighted by molar-refractivity contribution is 7.91. The van der Waals surface area contributed by atoms with Gasteiger partial charge in [0.05, 0.1) is 6.61 Å². The maximum atomic E-state index is 13.4. The largest absolute Gasteiger partial charge is 0.494 e. The fourth-order valence-corrected chi connectivity index (χ4v) is 6.17. The number of anilines is 1. The molecular formula is C20H29ClF3N3O6S. The molecule has 0 bridgehead atoms. The number of piperazine rings is 1. The number of carbonyl (C=O) groups is 1. The van der Waals surface area contributed by atoms with Crippen LogP contribution in [0.5, 0.6) is 5.75 Å². The van der Waals surface area contributed by atoms with Crippen molar-refractivity contribution in [3.63, 3.8) is 0 Å². The maximum Gasteiger partial charge on any atom is 0.389 e. The van der Waals surface area contributed by atoms with Crippen LogP contribution in [0.2, 0.25) is 0 Å². The number of hydroxylamine groups is 1. The summed E-state index contributed by atoms with van der Waals surface area (Å²) in [7, 11) is -4.06. The van der Waals surface area contributed by atoms with E-state index in [-0.39, 0.29) is 64.6 Å². The van der Waals surface area contributed by atoms with Gasteiger partial charge >= 0.3 is 6.18 Å². The van der Waals surface area contributed by atoms with Crippen molar-refractivity contribution in [1.82, 2.24) is 9.79 Å². The Morgan fingerprint density at radius 1 is 1.18 bits per heavy atom. The number of halogens is 4. The van der Waals surface area contributed by atoms with Gasteiger partial charge in [-0.15, -0.1) is 12.4 Å². The molecule has 0 radical (unpaired) electrons. The molecule has 34 heavy (non-hydrogen) atoms. The zero-order valence-electron chi connectivity index (χ0n) is 18.4. The zero-order valence-corrected chi connectivity index (χ0v) is 20.1. The number of amides is 1. The highest BCUT2D eigenvalue weighted by Crippen LogP contribution is 2.34. The number of rotatable bonds is 8. The van der Waals surface area contributed by atoms with E-state index in [1.54, 1.807) is 18.2 Å². The van der Waals surface area contributed by atoms with E-state index >= 15 is 0 Å². The Labute approximate surface area is 202 Å². The number of carbonyl (C=O) groups excluding carboxylic acids is 1. The quantitative estimate of drug-likeness (QED) is 0.301. The Hall–Kier alpha value is -1.80. The molecule has 2 fully saturated rings. The van der Waals surface area contributed by atoms with Crippen LogP contribution in [-0.2, 0) is 19.6 Å². The number of hydrogen-bond donors (Lipinski definition) is 2. The summed E-state index contributed by atoms with van der Waals surface area (Å²) in [5.74, 6) is -0.519. The van der Waals surface area contributed by atoms with E-state index < -0.39 is 33.3 Å². The monoisotopic (exact) mass is 531 g/mol. The van der Waals surface area contributed by atoms with Gasteiger partial charge in [0.2, 0.25) is 10.0 Å². The molecule has 2 N–H and O–H groups in total. The topological polar surface area (TPSA) is 108 Å². The summed E-state index contributed by atoms with van der Waals surface area (Å²) in [5.41, 5.74) is 2.26. The molecule has 2 heterocycles. The van der Waals surface area contributed by atoms with E-state index in [4.69, 9.17) is 14.7 Å². The molecular weight excluding hydrogens is 503 g/mol. The van der Waals surface area contributed by atoms with Crippen LogP contribution in [0.1, 0.15) is 25.7 Å². The molecule has 194 valence electrons. The minimum Gasteiger partial charge on any atom is -0.494 e. The minimum absolute atomic E-state index is 0. The van der Waals surface area contributed by atoms with Crippen molar-refractivity contribution < 1.29 is 41.1 Å². The molecule has 2 aliphatic heterocycles. The van der Waals surface area contributed by atoms with E-state index in [2.05, 4.69) is 0 Å². The first-order valence-corrected chi connectivity index (χ1v) is 12.1. The van der Waals surface area contributed by atoms with Crippen LogP contribution in [0.25, 0.3) is 0 Å². The Bertz CT molecular complexity index is 920. The molecule has 1 aromatic carbocycles. The minimum atomic E-state index is -4.22. The average Bonchev–Trinajstić information content (AvgIpc) is 2.81. The van der Waals surface area contributed by atoms with Gasteiger partial charge in [-0.3, -0.25) is 10.0 Å². The summed E-state index contributed by atoms with van der Waals surface area (Å²) in [6, 6.07) is 6.89. The van der Waals surface area contributed by atoms with Gasteiger partial charge in [0.1, 0.15) is 5.75 Å². The molecule has 2 saturated heterocycles. The van der Waals surface area contributed by atoms with Gasteiger partial charge in [0.25, 0.3) is 5.91 Å². The van der Waals surface area contributed by atoms with E-state index in [9.17, 15) is 26.4 Å². The lowest BCUT2D eigenvalue weighted by Crippen LogP contribution is -2.62. The number of alkyl halides is 3. The lowest BCUT2D eigenvalue weighted by molar-refractivity contribution is -0.136. The van der Waals surface area contributed by atoms with E-state index in [0.717, 1.165) is 5.69 Å². The normalized spacial score (nSPS) is 19.2. The van der Waals surface area contributed by atoms with Gasteiger partial charge in [-0.1, -0.05) is 6.07 Å². The van der Waals surface area contributed by atoms with Gasteiger partial charge in [-0.05, 0) is 18.6 Å². The third-order valence-corrected chi connectivity index (χ3v) is 8.57. The van der Waals surface area contributed by atoms with Crippen molar-refractivity contribution in [2.45, 2.75) is 36.6 Å². The number of nitrogens with zero attached hydrogens (tertiary/aromatic N) is 2. The molecule has 1 aromatic rings. The van der Waals surface area contributed by atoms with Gasteiger partial charge < -0.3 is 14.4 Å². The SMILES string of the molecule is Cl.O=C(NO)C1(S(=O)(=O)N2CCN(c3cccc(OCCCC(F)(F)F)c3)CC2)CCOCC1. The van der Waals surface area contributed by atoms with Crippen molar-refractivity contribution in [1.29, 1.82) is 0 Å². The zero-order chi connectivity index (χ0) is 24.1. The number of ether oxygens (including phenoxy) is 2. The van der Waals surface area contributed by atoms with Gasteiger partial charge in [0.15, 0.2) is 4.75 Å². The highest BCUT2D eigenvalue weighted by atomic mass is 35.5. The summed E-state index contributed by atoms with van der Waals surface area (Å²) in [4.78, 5) is 14.3. The summed E-state index contributed by atoms with van der Waals surface area (Å²) >= 11 is 0. The van der Waals surface area contributed by atoms with E-state index in [0.29, 0.717) is 18.8 Å². The lowest BCUT2D eigenvalue weighted by atomic mass is 9.98. The Balaban J connectivity index is 0.00000408. The third-order valence-electron chi connectivity index (χ3n) is 5.94. The smallest absolute Gasteiger partial charge is 0.389 e. The van der Waals surface area contributed by atoms with Crippen molar-refractivity contribution in [2.24, 2.45) is 0 Å². The first-order chi connectivity index (χ1) is 15.6. The van der Waals surface area contributed by atoms with Crippen molar-refractivity contribution in [3.05, 3.63) is 24.3 Å². The average molecular weight is 532 g/mol. The van der Waals surface area contributed by atoms with Crippen LogP contribution in [-0.4, -0.2) is 80.8 Å². The molecule has 14 heteroatoms.